The Morgan fingerprint density at radius 2 is 1.67 bits per heavy atom. The Hall–Kier alpha value is -1.01. The molecule has 66 valence electrons. The van der Waals surface area contributed by atoms with Gasteiger partial charge in [-0.2, -0.15) is 0 Å². The van der Waals surface area contributed by atoms with Gasteiger partial charge in [0, 0.05) is 11.4 Å². The minimum Gasteiger partial charge on any atom is -0.222 e. The van der Waals surface area contributed by atoms with Crippen molar-refractivity contribution in [1.82, 2.24) is 9.97 Å². The van der Waals surface area contributed by atoms with Gasteiger partial charge in [-0.05, 0) is 19.9 Å². The Balaban J connectivity index is 3.37. The van der Waals surface area contributed by atoms with Gasteiger partial charge in [0.25, 0.3) is 15.2 Å². The quantitative estimate of drug-likeness (QED) is 0.614. The molecule has 0 aromatic carbocycles. The smallest absolute Gasteiger partial charge is 0.222 e. The normalized spacial score (nSPS) is 11.6. The average Bonchev–Trinajstić information content (AvgIpc) is 1.82. The zero-order valence-electron chi connectivity index (χ0n) is 6.77. The minimum absolute atomic E-state index is 0.319. The van der Waals surface area contributed by atoms with Gasteiger partial charge in [-0.3, -0.25) is 0 Å². The number of hydrogen-bond acceptors (Lipinski definition) is 4. The number of nitrogens with two attached hydrogens (primary N) is 1. The van der Waals surface area contributed by atoms with Crippen molar-refractivity contribution < 1.29 is 8.42 Å². The monoisotopic (exact) mass is 187 g/mol. The van der Waals surface area contributed by atoms with Crippen LogP contribution in [0.3, 0.4) is 0 Å². The molecule has 6 heteroatoms. The summed E-state index contributed by atoms with van der Waals surface area (Å²) in [6.07, 6.45) is 0. The predicted molar refractivity (Wildman–Crippen MR) is 42.9 cm³/mol. The number of nitrogens with zero attached hydrogens (tertiary/aromatic N) is 2. The molecule has 0 radical (unpaired) electrons. The summed E-state index contributed by atoms with van der Waals surface area (Å²) in [4.78, 5) is 7.36. The number of primary sulfonamides is 1. The molecule has 0 amide bonds. The molecular formula is C6H9N3O2S. The fourth-order valence-corrected chi connectivity index (χ4v) is 1.36. The third-order valence-electron chi connectivity index (χ3n) is 1.22. The lowest BCUT2D eigenvalue weighted by molar-refractivity contribution is 0.587. The highest BCUT2D eigenvalue weighted by molar-refractivity contribution is 7.89. The van der Waals surface area contributed by atoms with Gasteiger partial charge in [0.15, 0.2) is 0 Å². The molecule has 0 fully saturated rings. The van der Waals surface area contributed by atoms with Crippen LogP contribution in [-0.2, 0) is 10.0 Å². The molecule has 1 aromatic heterocycles. The minimum atomic E-state index is -3.77. The molecule has 2 N–H and O–H groups in total. The maximum Gasteiger partial charge on any atom is 0.273 e. The summed E-state index contributed by atoms with van der Waals surface area (Å²) in [5.41, 5.74) is 1.18. The maximum absolute atomic E-state index is 10.8. The third-order valence-corrected chi connectivity index (χ3v) is 1.91. The summed E-state index contributed by atoms with van der Waals surface area (Å²) in [6.45, 7) is 3.37. The van der Waals surface area contributed by atoms with E-state index in [1.165, 1.54) is 0 Å². The van der Waals surface area contributed by atoms with Crippen LogP contribution in [0.5, 0.6) is 0 Å². The topological polar surface area (TPSA) is 85.9 Å². The van der Waals surface area contributed by atoms with Crippen LogP contribution in [-0.4, -0.2) is 18.4 Å². The molecule has 0 saturated heterocycles. The van der Waals surface area contributed by atoms with Crippen LogP contribution in [0, 0.1) is 13.8 Å². The highest BCUT2D eigenvalue weighted by Crippen LogP contribution is 2.02. The van der Waals surface area contributed by atoms with Crippen molar-refractivity contribution in [3.63, 3.8) is 0 Å². The molecule has 0 saturated carbocycles. The number of rotatable bonds is 1. The zero-order chi connectivity index (χ0) is 9.35. The van der Waals surface area contributed by atoms with Crippen LogP contribution in [0.1, 0.15) is 11.4 Å². The predicted octanol–water partition coefficient (Wildman–Crippen LogP) is -0.259. The van der Waals surface area contributed by atoms with Crippen molar-refractivity contribution in [3.05, 3.63) is 17.5 Å². The Morgan fingerprint density at radius 3 is 2.00 bits per heavy atom. The zero-order valence-corrected chi connectivity index (χ0v) is 7.59. The molecule has 0 atom stereocenters. The lowest BCUT2D eigenvalue weighted by Gasteiger charge is -1.99. The van der Waals surface area contributed by atoms with Crippen molar-refractivity contribution in [1.29, 1.82) is 0 Å². The van der Waals surface area contributed by atoms with Gasteiger partial charge in [0.1, 0.15) is 0 Å². The molecule has 0 unspecified atom stereocenters. The van der Waals surface area contributed by atoms with Gasteiger partial charge >= 0.3 is 0 Å². The second kappa shape index (κ2) is 2.80. The van der Waals surface area contributed by atoms with Gasteiger partial charge < -0.3 is 0 Å². The van der Waals surface area contributed by atoms with Crippen LogP contribution >= 0.6 is 0 Å². The van der Waals surface area contributed by atoms with Crippen LogP contribution < -0.4 is 5.14 Å². The standard InChI is InChI=1S/C6H9N3O2S/c1-4-3-5(2)9-6(8-4)12(7,10)11/h3H,1-2H3,(H2,7,10,11). The Bertz CT molecular complexity index is 379. The van der Waals surface area contributed by atoms with Gasteiger partial charge in [-0.25, -0.2) is 23.5 Å². The molecule has 0 bridgehead atoms. The maximum atomic E-state index is 10.8. The fraction of sp³-hybridized carbons (Fsp3) is 0.333. The van der Waals surface area contributed by atoms with Gasteiger partial charge in [0.2, 0.25) is 0 Å². The van der Waals surface area contributed by atoms with Crippen LogP contribution in [0.2, 0.25) is 0 Å². The van der Waals surface area contributed by atoms with E-state index in [-0.39, 0.29) is 5.16 Å². The van der Waals surface area contributed by atoms with E-state index >= 15 is 0 Å². The molecular weight excluding hydrogens is 178 g/mol. The summed E-state index contributed by atoms with van der Waals surface area (Å²) < 4.78 is 21.6. The molecule has 5 nitrogen and oxygen atoms in total. The first-order chi connectivity index (χ1) is 5.39. The van der Waals surface area contributed by atoms with Gasteiger partial charge in [-0.1, -0.05) is 0 Å². The van der Waals surface area contributed by atoms with E-state index in [1.807, 2.05) is 0 Å². The molecule has 1 rings (SSSR count). The highest BCUT2D eigenvalue weighted by Gasteiger charge is 2.11. The molecule has 0 aliphatic rings. The molecule has 12 heavy (non-hydrogen) atoms. The number of hydrogen-bond donors (Lipinski definition) is 1. The molecule has 1 heterocycles. The van der Waals surface area contributed by atoms with Crippen molar-refractivity contribution in [2.24, 2.45) is 5.14 Å². The van der Waals surface area contributed by atoms with Gasteiger partial charge in [0.05, 0.1) is 0 Å². The van der Waals surface area contributed by atoms with Crippen molar-refractivity contribution in [2.45, 2.75) is 19.0 Å². The van der Waals surface area contributed by atoms with Gasteiger partial charge in [-0.15, -0.1) is 0 Å². The Kier molecular flexibility index (Phi) is 2.12. The summed E-state index contributed by atoms with van der Waals surface area (Å²) >= 11 is 0. The summed E-state index contributed by atoms with van der Waals surface area (Å²) in [7, 11) is -3.77. The Morgan fingerprint density at radius 1 is 1.25 bits per heavy atom. The number of aromatic nitrogens is 2. The average molecular weight is 187 g/mol. The number of aryl methyl sites for hydroxylation is 2. The van der Waals surface area contributed by atoms with Crippen molar-refractivity contribution in [2.75, 3.05) is 0 Å². The summed E-state index contributed by atoms with van der Waals surface area (Å²) in [6, 6.07) is 1.68. The first-order valence-corrected chi connectivity index (χ1v) is 4.79. The van der Waals surface area contributed by atoms with E-state index < -0.39 is 10.0 Å². The van der Waals surface area contributed by atoms with Crippen molar-refractivity contribution >= 4 is 10.0 Å². The molecule has 0 aliphatic heterocycles. The highest BCUT2D eigenvalue weighted by atomic mass is 32.2. The summed E-state index contributed by atoms with van der Waals surface area (Å²) in [5.74, 6) is 0. The van der Waals surface area contributed by atoms with Crippen LogP contribution in [0.25, 0.3) is 0 Å². The molecule has 1 aromatic rings. The Labute approximate surface area is 70.7 Å². The van der Waals surface area contributed by atoms with Crippen LogP contribution in [0.15, 0.2) is 11.2 Å². The van der Waals surface area contributed by atoms with E-state index in [9.17, 15) is 8.42 Å². The fourth-order valence-electron chi connectivity index (χ4n) is 0.821. The second-order valence-corrected chi connectivity index (χ2v) is 3.93. The van der Waals surface area contributed by atoms with Crippen molar-refractivity contribution in [3.8, 4) is 0 Å². The number of sulfonamides is 1. The van der Waals surface area contributed by atoms with E-state index in [4.69, 9.17) is 5.14 Å². The first kappa shape index (κ1) is 9.08. The third kappa shape index (κ3) is 1.99. The first-order valence-electron chi connectivity index (χ1n) is 3.24. The van der Waals surface area contributed by atoms with E-state index in [2.05, 4.69) is 9.97 Å². The SMILES string of the molecule is Cc1cc(C)nc(S(N)(=O)=O)n1. The van der Waals surface area contributed by atoms with E-state index in [0.717, 1.165) is 0 Å². The lowest BCUT2D eigenvalue weighted by atomic mass is 10.4. The molecule has 0 spiro atoms. The largest absolute Gasteiger partial charge is 0.273 e. The van der Waals surface area contributed by atoms with E-state index in [0.29, 0.717) is 11.4 Å². The second-order valence-electron chi connectivity index (χ2n) is 2.48. The molecule has 0 aliphatic carbocycles. The summed E-state index contributed by atoms with van der Waals surface area (Å²) in [5, 5.41) is 4.52. The van der Waals surface area contributed by atoms with E-state index in [1.54, 1.807) is 19.9 Å². The van der Waals surface area contributed by atoms with Crippen LogP contribution in [0.4, 0.5) is 0 Å². The lowest BCUT2D eigenvalue weighted by Crippen LogP contribution is -2.16.